The number of hydrogen-bond donors (Lipinski definition) is 1. The fraction of sp³-hybridized carbons (Fsp3) is 0.304. The van der Waals surface area contributed by atoms with E-state index in [1.807, 2.05) is 54.6 Å². The molecule has 1 saturated heterocycles. The molecule has 0 radical (unpaired) electrons. The van der Waals surface area contributed by atoms with Crippen molar-refractivity contribution in [2.45, 2.75) is 19.6 Å². The van der Waals surface area contributed by atoms with Crippen LogP contribution in [0.15, 0.2) is 60.9 Å². The molecule has 160 valence electrons. The van der Waals surface area contributed by atoms with E-state index in [1.165, 1.54) is 11.0 Å². The van der Waals surface area contributed by atoms with Crippen molar-refractivity contribution in [3.8, 4) is 0 Å². The Morgan fingerprint density at radius 2 is 1.68 bits per heavy atom. The maximum Gasteiger partial charge on any atom is 0.293 e. The number of aliphatic hydroxyl groups excluding tert-OH is 1. The number of ketones is 1. The van der Waals surface area contributed by atoms with Crippen molar-refractivity contribution in [2.75, 3.05) is 31.1 Å². The summed E-state index contributed by atoms with van der Waals surface area (Å²) in [6, 6.07) is 16.9. The van der Waals surface area contributed by atoms with Gasteiger partial charge in [0.1, 0.15) is 6.33 Å². The van der Waals surface area contributed by atoms with Gasteiger partial charge in [-0.1, -0.05) is 30.3 Å². The van der Waals surface area contributed by atoms with Gasteiger partial charge in [0, 0.05) is 37.4 Å². The molecule has 1 aliphatic heterocycles. The zero-order chi connectivity index (χ0) is 21.8. The lowest BCUT2D eigenvalue weighted by atomic mass is 10.1. The van der Waals surface area contributed by atoms with E-state index < -0.39 is 6.10 Å². The number of piperazine rings is 1. The lowest BCUT2D eigenvalue weighted by Gasteiger charge is -2.35. The van der Waals surface area contributed by atoms with Gasteiger partial charge < -0.3 is 14.9 Å². The van der Waals surface area contributed by atoms with Crippen LogP contribution in [0.3, 0.4) is 0 Å². The molecule has 8 heteroatoms. The van der Waals surface area contributed by atoms with E-state index >= 15 is 0 Å². The largest absolute Gasteiger partial charge is 0.386 e. The highest BCUT2D eigenvalue weighted by atomic mass is 16.3. The van der Waals surface area contributed by atoms with E-state index in [9.17, 15) is 14.7 Å². The van der Waals surface area contributed by atoms with Crippen LogP contribution in [0, 0.1) is 0 Å². The molecule has 0 aliphatic carbocycles. The zero-order valence-electron chi connectivity index (χ0n) is 17.4. The first kappa shape index (κ1) is 20.7. The first-order valence-electron chi connectivity index (χ1n) is 10.3. The fourth-order valence-corrected chi connectivity index (χ4v) is 3.65. The molecule has 8 nitrogen and oxygen atoms in total. The molecule has 2 aromatic carbocycles. The molecule has 1 aromatic heterocycles. The normalized spacial score (nSPS) is 15.0. The van der Waals surface area contributed by atoms with Gasteiger partial charge in [0.05, 0.1) is 12.6 Å². The quantitative estimate of drug-likeness (QED) is 0.616. The second kappa shape index (κ2) is 9.09. The Morgan fingerprint density at radius 3 is 2.32 bits per heavy atom. The summed E-state index contributed by atoms with van der Waals surface area (Å²) >= 11 is 0. The molecule has 1 amide bonds. The maximum absolute atomic E-state index is 12.8. The van der Waals surface area contributed by atoms with Crippen molar-refractivity contribution >= 4 is 17.4 Å². The van der Waals surface area contributed by atoms with Crippen LogP contribution in [0.5, 0.6) is 0 Å². The summed E-state index contributed by atoms with van der Waals surface area (Å²) in [6.07, 6.45) is 0.760. The molecule has 0 saturated carbocycles. The average Bonchev–Trinajstić information content (AvgIpc) is 3.28. The van der Waals surface area contributed by atoms with Gasteiger partial charge in [0.25, 0.3) is 5.91 Å². The summed E-state index contributed by atoms with van der Waals surface area (Å²) in [6.45, 7) is 4.30. The number of benzene rings is 2. The van der Waals surface area contributed by atoms with Crippen LogP contribution in [-0.2, 0) is 6.54 Å². The Hall–Kier alpha value is -3.52. The Balaban J connectivity index is 1.33. The van der Waals surface area contributed by atoms with Crippen LogP contribution < -0.4 is 4.90 Å². The highest BCUT2D eigenvalue weighted by Gasteiger charge is 2.25. The molecule has 1 N–H and O–H groups in total. The minimum Gasteiger partial charge on any atom is -0.386 e. The van der Waals surface area contributed by atoms with Gasteiger partial charge >= 0.3 is 0 Å². The summed E-state index contributed by atoms with van der Waals surface area (Å²) in [5, 5.41) is 14.6. The van der Waals surface area contributed by atoms with Gasteiger partial charge in [-0.25, -0.2) is 9.67 Å². The maximum atomic E-state index is 12.8. The average molecular weight is 419 g/mol. The predicted octanol–water partition coefficient (Wildman–Crippen LogP) is 2.18. The number of carbonyl (C=O) groups excluding carboxylic acids is 2. The number of rotatable bonds is 6. The van der Waals surface area contributed by atoms with Crippen molar-refractivity contribution in [3.63, 3.8) is 0 Å². The lowest BCUT2D eigenvalue weighted by Crippen LogP contribution is -2.49. The van der Waals surface area contributed by atoms with E-state index in [1.54, 1.807) is 11.8 Å². The van der Waals surface area contributed by atoms with E-state index in [0.29, 0.717) is 31.7 Å². The molecule has 0 spiro atoms. The number of anilines is 1. The zero-order valence-corrected chi connectivity index (χ0v) is 17.4. The minimum absolute atomic E-state index is 0.0465. The standard InChI is InChI=1S/C23H25N5O3/c1-17(29)18-7-9-20(10-8-18)26-11-13-27(14-12-26)23(31)22-24-16-28(25-22)15-21(30)19-5-3-2-4-6-19/h2-10,16,21,30H,11-15H2,1H3/t21-/m0/s1. The molecule has 0 unspecified atom stereocenters. The van der Waals surface area contributed by atoms with Crippen LogP contribution in [0.25, 0.3) is 0 Å². The Morgan fingerprint density at radius 1 is 1.00 bits per heavy atom. The molecule has 1 atom stereocenters. The Kier molecular flexibility index (Phi) is 6.08. The highest BCUT2D eigenvalue weighted by Crippen LogP contribution is 2.18. The number of carbonyl (C=O) groups is 2. The van der Waals surface area contributed by atoms with Gasteiger partial charge in [-0.15, -0.1) is 5.10 Å². The van der Waals surface area contributed by atoms with E-state index in [-0.39, 0.29) is 24.1 Å². The van der Waals surface area contributed by atoms with Crippen LogP contribution in [0.2, 0.25) is 0 Å². The van der Waals surface area contributed by atoms with Crippen molar-refractivity contribution < 1.29 is 14.7 Å². The third-order valence-electron chi connectivity index (χ3n) is 5.48. The van der Waals surface area contributed by atoms with Crippen molar-refractivity contribution in [2.24, 2.45) is 0 Å². The second-order valence-corrected chi connectivity index (χ2v) is 7.60. The van der Waals surface area contributed by atoms with Crippen LogP contribution in [-0.4, -0.2) is 62.6 Å². The third kappa shape index (κ3) is 4.80. The predicted molar refractivity (Wildman–Crippen MR) is 116 cm³/mol. The van der Waals surface area contributed by atoms with Crippen LogP contribution in [0.4, 0.5) is 5.69 Å². The molecule has 4 rings (SSSR count). The monoisotopic (exact) mass is 419 g/mol. The van der Waals surface area contributed by atoms with Crippen molar-refractivity contribution in [1.29, 1.82) is 0 Å². The topological polar surface area (TPSA) is 91.6 Å². The number of amides is 1. The second-order valence-electron chi connectivity index (χ2n) is 7.60. The smallest absolute Gasteiger partial charge is 0.293 e. The van der Waals surface area contributed by atoms with Gasteiger partial charge in [0.15, 0.2) is 5.78 Å². The number of aliphatic hydroxyl groups is 1. The first-order chi connectivity index (χ1) is 15.0. The van der Waals surface area contributed by atoms with Crippen molar-refractivity contribution in [1.82, 2.24) is 19.7 Å². The Labute approximate surface area is 180 Å². The summed E-state index contributed by atoms with van der Waals surface area (Å²) < 4.78 is 1.50. The lowest BCUT2D eigenvalue weighted by molar-refractivity contribution is 0.0732. The molecule has 1 fully saturated rings. The third-order valence-corrected chi connectivity index (χ3v) is 5.48. The molecule has 3 aromatic rings. The molecule has 1 aliphatic rings. The first-order valence-corrected chi connectivity index (χ1v) is 10.3. The van der Waals surface area contributed by atoms with Gasteiger partial charge in [-0.2, -0.15) is 0 Å². The summed E-state index contributed by atoms with van der Waals surface area (Å²) in [7, 11) is 0. The van der Waals surface area contributed by atoms with E-state index in [2.05, 4.69) is 15.0 Å². The van der Waals surface area contributed by atoms with E-state index in [4.69, 9.17) is 0 Å². The van der Waals surface area contributed by atoms with E-state index in [0.717, 1.165) is 11.3 Å². The number of nitrogens with zero attached hydrogens (tertiary/aromatic N) is 5. The van der Waals surface area contributed by atoms with Crippen LogP contribution in [0.1, 0.15) is 39.6 Å². The van der Waals surface area contributed by atoms with Gasteiger partial charge in [-0.05, 0) is 36.8 Å². The molecule has 31 heavy (non-hydrogen) atoms. The number of hydrogen-bond acceptors (Lipinski definition) is 6. The summed E-state index contributed by atoms with van der Waals surface area (Å²) in [5.74, 6) is -0.0239. The molecular weight excluding hydrogens is 394 g/mol. The number of Topliss-reactive ketones (excluding diaryl/α,β-unsaturated/α-hetero) is 1. The van der Waals surface area contributed by atoms with Crippen LogP contribution >= 0.6 is 0 Å². The van der Waals surface area contributed by atoms with Gasteiger partial charge in [0.2, 0.25) is 5.82 Å². The fourth-order valence-electron chi connectivity index (χ4n) is 3.65. The highest BCUT2D eigenvalue weighted by molar-refractivity contribution is 5.94. The summed E-state index contributed by atoms with van der Waals surface area (Å²) in [4.78, 5) is 32.3. The SMILES string of the molecule is CC(=O)c1ccc(N2CCN(C(=O)c3ncn(C[C@H](O)c4ccccc4)n3)CC2)cc1. The molecular formula is C23H25N5O3. The summed E-state index contributed by atoms with van der Waals surface area (Å²) in [5.41, 5.74) is 2.52. The number of aromatic nitrogens is 3. The molecule has 0 bridgehead atoms. The van der Waals surface area contributed by atoms with Gasteiger partial charge in [-0.3, -0.25) is 9.59 Å². The molecule has 2 heterocycles. The Bertz CT molecular complexity index is 1040. The van der Waals surface area contributed by atoms with Crippen molar-refractivity contribution in [3.05, 3.63) is 77.9 Å². The minimum atomic E-state index is -0.719.